The molecular formula is C36H23N5. The van der Waals surface area contributed by atoms with E-state index < -0.39 is 0 Å². The zero-order valence-electron chi connectivity index (χ0n) is 22.0. The van der Waals surface area contributed by atoms with Gasteiger partial charge in [-0.05, 0) is 52.4 Å². The standard InChI is InChI=1S/C36H23N5/c1-2-8-24(9-3-1)28-18-19-34-39-36(40-41(34)23-28)26-16-14-25(15-17-26)27-20-21-37-33(22-27)35-31-12-5-4-10-29(31)30-11-6-7-13-32(30)38-35/h1-23H. The van der Waals surface area contributed by atoms with E-state index in [0.29, 0.717) is 5.82 Å². The van der Waals surface area contributed by atoms with E-state index in [1.54, 1.807) is 0 Å². The fraction of sp³-hybridized carbons (Fsp3) is 0. The summed E-state index contributed by atoms with van der Waals surface area (Å²) < 4.78 is 1.85. The Labute approximate surface area is 236 Å². The van der Waals surface area contributed by atoms with Gasteiger partial charge in [0, 0.05) is 34.3 Å². The quantitative estimate of drug-likeness (QED) is 0.216. The molecule has 0 fully saturated rings. The average molecular weight is 526 g/mol. The smallest absolute Gasteiger partial charge is 0.182 e. The third-order valence-corrected chi connectivity index (χ3v) is 7.53. The van der Waals surface area contributed by atoms with Gasteiger partial charge in [-0.2, -0.15) is 0 Å². The summed E-state index contributed by atoms with van der Waals surface area (Å²) in [4.78, 5) is 14.5. The summed E-state index contributed by atoms with van der Waals surface area (Å²) in [6.07, 6.45) is 3.89. The van der Waals surface area contributed by atoms with Gasteiger partial charge < -0.3 is 0 Å². The van der Waals surface area contributed by atoms with Crippen LogP contribution < -0.4 is 0 Å². The number of pyridine rings is 3. The molecule has 0 aliphatic rings. The number of fused-ring (bicyclic) bond motifs is 4. The number of rotatable bonds is 4. The van der Waals surface area contributed by atoms with Crippen LogP contribution in [0.5, 0.6) is 0 Å². The van der Waals surface area contributed by atoms with Crippen LogP contribution in [0.1, 0.15) is 0 Å². The molecule has 0 radical (unpaired) electrons. The molecule has 0 spiro atoms. The van der Waals surface area contributed by atoms with E-state index in [9.17, 15) is 0 Å². The Hall–Kier alpha value is -5.68. The van der Waals surface area contributed by atoms with Crippen LogP contribution >= 0.6 is 0 Å². The van der Waals surface area contributed by atoms with Gasteiger partial charge in [0.15, 0.2) is 11.5 Å². The summed E-state index contributed by atoms with van der Waals surface area (Å²) in [5.74, 6) is 0.698. The molecule has 0 unspecified atom stereocenters. The lowest BCUT2D eigenvalue weighted by Crippen LogP contribution is -1.92. The average Bonchev–Trinajstić information content (AvgIpc) is 3.49. The first-order valence-electron chi connectivity index (χ1n) is 13.6. The van der Waals surface area contributed by atoms with E-state index in [2.05, 4.69) is 91.0 Å². The van der Waals surface area contributed by atoms with Crippen LogP contribution in [0.4, 0.5) is 0 Å². The first kappa shape index (κ1) is 23.2. The second-order valence-corrected chi connectivity index (χ2v) is 10.1. The van der Waals surface area contributed by atoms with E-state index in [0.717, 1.165) is 61.1 Å². The van der Waals surface area contributed by atoms with E-state index in [-0.39, 0.29) is 0 Å². The highest BCUT2D eigenvalue weighted by molar-refractivity contribution is 6.10. The SMILES string of the molecule is c1ccc(-c2ccc3nc(-c4ccc(-c5ccnc(-c6nc7ccccc7c7ccccc67)c5)cc4)nn3c2)cc1. The number of hydrogen-bond donors (Lipinski definition) is 0. The maximum atomic E-state index is 5.03. The fourth-order valence-corrected chi connectivity index (χ4v) is 5.46. The Morgan fingerprint density at radius 3 is 2.02 bits per heavy atom. The maximum Gasteiger partial charge on any atom is 0.182 e. The molecule has 5 nitrogen and oxygen atoms in total. The molecule has 41 heavy (non-hydrogen) atoms. The van der Waals surface area contributed by atoms with Crippen LogP contribution in [-0.4, -0.2) is 24.6 Å². The van der Waals surface area contributed by atoms with Gasteiger partial charge in [-0.15, -0.1) is 5.10 Å². The van der Waals surface area contributed by atoms with Crippen molar-refractivity contribution in [3.8, 4) is 45.0 Å². The van der Waals surface area contributed by atoms with Crippen LogP contribution in [0, 0.1) is 0 Å². The maximum absolute atomic E-state index is 5.03. The molecule has 0 saturated heterocycles. The van der Waals surface area contributed by atoms with Crippen molar-refractivity contribution >= 4 is 27.3 Å². The number of hydrogen-bond acceptors (Lipinski definition) is 4. The number of nitrogens with zero attached hydrogens (tertiary/aromatic N) is 5. The van der Waals surface area contributed by atoms with Gasteiger partial charge in [0.2, 0.25) is 0 Å². The van der Waals surface area contributed by atoms with Crippen LogP contribution in [0.2, 0.25) is 0 Å². The van der Waals surface area contributed by atoms with Crippen molar-refractivity contribution in [2.45, 2.75) is 0 Å². The largest absolute Gasteiger partial charge is 0.255 e. The monoisotopic (exact) mass is 525 g/mol. The molecule has 0 aliphatic heterocycles. The zero-order valence-corrected chi connectivity index (χ0v) is 22.0. The lowest BCUT2D eigenvalue weighted by Gasteiger charge is -2.10. The topological polar surface area (TPSA) is 56.0 Å². The van der Waals surface area contributed by atoms with Crippen molar-refractivity contribution < 1.29 is 0 Å². The summed E-state index contributed by atoms with van der Waals surface area (Å²) in [6, 6.07) is 43.6. The second kappa shape index (κ2) is 9.50. The highest BCUT2D eigenvalue weighted by atomic mass is 15.3. The van der Waals surface area contributed by atoms with Gasteiger partial charge in [0.05, 0.1) is 16.9 Å². The first-order chi connectivity index (χ1) is 20.3. The van der Waals surface area contributed by atoms with Crippen molar-refractivity contribution in [1.29, 1.82) is 0 Å². The molecule has 5 heteroatoms. The van der Waals surface area contributed by atoms with Gasteiger partial charge in [-0.25, -0.2) is 14.5 Å². The zero-order chi connectivity index (χ0) is 27.2. The molecular weight excluding hydrogens is 502 g/mol. The molecule has 0 atom stereocenters. The molecule has 8 rings (SSSR count). The first-order valence-corrected chi connectivity index (χ1v) is 13.6. The van der Waals surface area contributed by atoms with Crippen LogP contribution in [0.3, 0.4) is 0 Å². The van der Waals surface area contributed by atoms with E-state index in [4.69, 9.17) is 20.1 Å². The Bertz CT molecular complexity index is 2200. The molecule has 0 N–H and O–H groups in total. The minimum Gasteiger partial charge on any atom is -0.255 e. The van der Waals surface area contributed by atoms with Crippen LogP contribution in [-0.2, 0) is 0 Å². The van der Waals surface area contributed by atoms with E-state index in [1.807, 2.05) is 53.3 Å². The molecule has 0 bridgehead atoms. The molecule has 192 valence electrons. The Kier molecular flexibility index (Phi) is 5.38. The van der Waals surface area contributed by atoms with Gasteiger partial charge in [0.1, 0.15) is 0 Å². The summed E-state index contributed by atoms with van der Waals surface area (Å²) in [5.41, 5.74) is 8.92. The van der Waals surface area contributed by atoms with Gasteiger partial charge in [-0.3, -0.25) is 4.98 Å². The van der Waals surface area contributed by atoms with Gasteiger partial charge in [0.25, 0.3) is 0 Å². The van der Waals surface area contributed by atoms with Crippen molar-refractivity contribution in [2.24, 2.45) is 0 Å². The van der Waals surface area contributed by atoms with Crippen LogP contribution in [0.15, 0.2) is 140 Å². The Balaban J connectivity index is 1.14. The molecule has 8 aromatic rings. The summed E-state index contributed by atoms with van der Waals surface area (Å²) in [6.45, 7) is 0. The molecule has 4 heterocycles. The number of aromatic nitrogens is 5. The molecule has 0 saturated carbocycles. The predicted octanol–water partition coefficient (Wildman–Crippen LogP) is 8.49. The van der Waals surface area contributed by atoms with Crippen molar-refractivity contribution in [1.82, 2.24) is 24.6 Å². The lowest BCUT2D eigenvalue weighted by molar-refractivity contribution is 0.967. The van der Waals surface area contributed by atoms with Crippen molar-refractivity contribution in [2.75, 3.05) is 0 Å². The third kappa shape index (κ3) is 4.12. The summed E-state index contributed by atoms with van der Waals surface area (Å²) in [5, 5.41) is 8.19. The molecule has 4 aromatic carbocycles. The third-order valence-electron chi connectivity index (χ3n) is 7.53. The van der Waals surface area contributed by atoms with Gasteiger partial charge in [-0.1, -0.05) is 97.1 Å². The Morgan fingerprint density at radius 1 is 0.488 bits per heavy atom. The number of benzene rings is 4. The van der Waals surface area contributed by atoms with Crippen LogP contribution in [0.25, 0.3) is 72.4 Å². The Morgan fingerprint density at radius 2 is 1.17 bits per heavy atom. The highest BCUT2D eigenvalue weighted by Gasteiger charge is 2.13. The number of para-hydroxylation sites is 1. The minimum absolute atomic E-state index is 0.698. The van der Waals surface area contributed by atoms with Gasteiger partial charge >= 0.3 is 0 Å². The highest BCUT2D eigenvalue weighted by Crippen LogP contribution is 2.33. The molecule has 0 aliphatic carbocycles. The summed E-state index contributed by atoms with van der Waals surface area (Å²) >= 11 is 0. The van der Waals surface area contributed by atoms with E-state index >= 15 is 0 Å². The second-order valence-electron chi connectivity index (χ2n) is 10.1. The minimum atomic E-state index is 0.698. The molecule has 0 amide bonds. The van der Waals surface area contributed by atoms with E-state index in [1.165, 1.54) is 5.39 Å². The van der Waals surface area contributed by atoms with Crippen molar-refractivity contribution in [3.63, 3.8) is 0 Å². The molecule has 4 aromatic heterocycles. The summed E-state index contributed by atoms with van der Waals surface area (Å²) in [7, 11) is 0. The normalized spacial score (nSPS) is 11.4. The predicted molar refractivity (Wildman–Crippen MR) is 165 cm³/mol. The fourth-order valence-electron chi connectivity index (χ4n) is 5.46. The lowest BCUT2D eigenvalue weighted by atomic mass is 10.00. The van der Waals surface area contributed by atoms with Crippen molar-refractivity contribution in [3.05, 3.63) is 140 Å².